The molecule has 34 heavy (non-hydrogen) atoms. The van der Waals surface area contributed by atoms with E-state index in [1.54, 1.807) is 12.2 Å². The van der Waals surface area contributed by atoms with Gasteiger partial charge < -0.3 is 19.3 Å². The molecule has 4 unspecified atom stereocenters. The first-order valence-electron chi connectivity index (χ1n) is 13.2. The fraction of sp³-hybridized carbons (Fsp3) is 0.786. The molecule has 0 radical (unpaired) electrons. The van der Waals surface area contributed by atoms with E-state index in [2.05, 4.69) is 20.8 Å². The van der Waals surface area contributed by atoms with Crippen molar-refractivity contribution in [3.63, 3.8) is 0 Å². The van der Waals surface area contributed by atoms with Gasteiger partial charge in [0.15, 0.2) is 23.5 Å². The zero-order chi connectivity index (χ0) is 24.5. The van der Waals surface area contributed by atoms with Gasteiger partial charge in [-0.05, 0) is 69.9 Å². The van der Waals surface area contributed by atoms with Gasteiger partial charge in [0.2, 0.25) is 0 Å². The Bertz CT molecular complexity index is 922. The molecule has 0 spiro atoms. The summed E-state index contributed by atoms with van der Waals surface area (Å²) >= 11 is 0. The molecule has 1 heterocycles. The molecule has 4 aliphatic carbocycles. The summed E-state index contributed by atoms with van der Waals surface area (Å²) in [7, 11) is 0. The molecule has 0 amide bonds. The third kappa shape index (κ3) is 3.28. The number of hydrogen-bond donors (Lipinski definition) is 1. The van der Waals surface area contributed by atoms with Crippen molar-refractivity contribution in [2.24, 2.45) is 28.6 Å². The second kappa shape index (κ2) is 8.36. The maximum Gasteiger partial charge on any atom is 0.193 e. The van der Waals surface area contributed by atoms with Gasteiger partial charge in [-0.2, -0.15) is 0 Å². The zero-order valence-corrected chi connectivity index (χ0v) is 21.2. The van der Waals surface area contributed by atoms with E-state index in [4.69, 9.17) is 14.2 Å². The molecule has 1 aliphatic heterocycles. The molecule has 5 rings (SSSR count). The number of allylic oxidation sites excluding steroid dienone is 4. The molecule has 0 aromatic heterocycles. The Morgan fingerprint density at radius 1 is 1.32 bits per heavy atom. The van der Waals surface area contributed by atoms with E-state index in [0.717, 1.165) is 37.7 Å². The van der Waals surface area contributed by atoms with Crippen LogP contribution < -0.4 is 0 Å². The van der Waals surface area contributed by atoms with Crippen molar-refractivity contribution in [2.75, 3.05) is 6.61 Å². The van der Waals surface area contributed by atoms with Crippen LogP contribution in [0.3, 0.4) is 0 Å². The molecule has 0 aromatic rings. The summed E-state index contributed by atoms with van der Waals surface area (Å²) in [5.41, 5.74) is -0.828. The first-order chi connectivity index (χ1) is 16.1. The minimum Gasteiger partial charge on any atom is -0.393 e. The summed E-state index contributed by atoms with van der Waals surface area (Å²) in [5, 5.41) is 11.7. The molecule has 1 N–H and O–H groups in total. The van der Waals surface area contributed by atoms with Crippen molar-refractivity contribution in [1.82, 2.24) is 0 Å². The van der Waals surface area contributed by atoms with E-state index in [1.165, 1.54) is 0 Å². The Balaban J connectivity index is 1.53. The monoisotopic (exact) mass is 472 g/mol. The van der Waals surface area contributed by atoms with Gasteiger partial charge >= 0.3 is 0 Å². The third-order valence-corrected chi connectivity index (χ3v) is 9.78. The number of aliphatic hydroxyl groups excluding tert-OH is 1. The standard InChI is InChI=1S/C28H40O6/c1-6-7-24-33-23-13-20-19-9-8-17-12-18(29)10-11-26(17,4)25(19)21(30)14-27(20,5)28(23,34-24)22(31)15-32-16(2)3/h10-12,16,19-21,23-25,30H,6-9,13-15H2,1-5H3/t19?,20?,21-,23+,24?,25?,26-,27-,28+/m0/s1. The normalized spacial score (nSPS) is 47.1. The number of aliphatic hydroxyl groups is 1. The van der Waals surface area contributed by atoms with Crippen LogP contribution in [0.5, 0.6) is 0 Å². The molecule has 0 aromatic carbocycles. The average Bonchev–Trinajstić information content (AvgIpc) is 3.25. The molecule has 3 saturated carbocycles. The highest BCUT2D eigenvalue weighted by molar-refractivity contribution is 6.01. The van der Waals surface area contributed by atoms with Crippen LogP contribution in [-0.2, 0) is 23.8 Å². The highest BCUT2D eigenvalue weighted by Gasteiger charge is 2.75. The van der Waals surface area contributed by atoms with Crippen molar-refractivity contribution in [2.45, 2.75) is 103 Å². The average molecular weight is 473 g/mol. The predicted octanol–water partition coefficient (Wildman–Crippen LogP) is 4.15. The quantitative estimate of drug-likeness (QED) is 0.625. The van der Waals surface area contributed by atoms with Crippen LogP contribution in [0.15, 0.2) is 23.8 Å². The lowest BCUT2D eigenvalue weighted by Crippen LogP contribution is -2.63. The lowest BCUT2D eigenvalue weighted by Gasteiger charge is -2.59. The fourth-order valence-corrected chi connectivity index (χ4v) is 8.36. The number of carbonyl (C=O) groups is 2. The fourth-order valence-electron chi connectivity index (χ4n) is 8.36. The molecule has 1 saturated heterocycles. The summed E-state index contributed by atoms with van der Waals surface area (Å²) in [5.74, 6) is 0.424. The minimum atomic E-state index is -1.09. The molecule has 0 bridgehead atoms. The molecule has 4 fully saturated rings. The molecule has 188 valence electrons. The minimum absolute atomic E-state index is 0.00166. The van der Waals surface area contributed by atoms with Crippen LogP contribution in [-0.4, -0.2) is 53.5 Å². The van der Waals surface area contributed by atoms with E-state index in [-0.39, 0.29) is 53.6 Å². The van der Waals surface area contributed by atoms with E-state index in [9.17, 15) is 14.7 Å². The van der Waals surface area contributed by atoms with Crippen LogP contribution in [0.4, 0.5) is 0 Å². The van der Waals surface area contributed by atoms with Gasteiger partial charge in [-0.25, -0.2) is 0 Å². The first-order valence-corrected chi connectivity index (χ1v) is 13.2. The summed E-state index contributed by atoms with van der Waals surface area (Å²) in [6.07, 6.45) is 8.74. The number of ketones is 2. The Morgan fingerprint density at radius 3 is 2.79 bits per heavy atom. The number of rotatable bonds is 6. The highest BCUT2D eigenvalue weighted by atomic mass is 16.7. The van der Waals surface area contributed by atoms with Crippen LogP contribution in [0.25, 0.3) is 0 Å². The van der Waals surface area contributed by atoms with Gasteiger partial charge in [-0.15, -0.1) is 0 Å². The van der Waals surface area contributed by atoms with Crippen LogP contribution in [0.1, 0.15) is 73.1 Å². The molecule has 5 aliphatic rings. The number of carbonyl (C=O) groups excluding carboxylic acids is 2. The molecule has 9 atom stereocenters. The largest absolute Gasteiger partial charge is 0.393 e. The summed E-state index contributed by atoms with van der Waals surface area (Å²) < 4.78 is 18.8. The summed E-state index contributed by atoms with van der Waals surface area (Å²) in [6.45, 7) is 10.3. The molecular formula is C28H40O6. The van der Waals surface area contributed by atoms with E-state index in [1.807, 2.05) is 19.9 Å². The Kier molecular flexibility index (Phi) is 5.99. The van der Waals surface area contributed by atoms with Crippen molar-refractivity contribution in [3.8, 4) is 0 Å². The number of Topliss-reactive ketones (excluding diaryl/α,β-unsaturated/α-hetero) is 1. The molecular weight excluding hydrogens is 432 g/mol. The van der Waals surface area contributed by atoms with Crippen molar-refractivity contribution < 1.29 is 28.9 Å². The second-order valence-electron chi connectivity index (χ2n) is 11.9. The SMILES string of the molecule is CCCC1O[C@@H]2CC3C4CCC5=CC(=O)C=C[C@]5(C)C4[C@@H](O)C[C@]3(C)[C@]2(C(=O)COC(C)C)O1. The summed E-state index contributed by atoms with van der Waals surface area (Å²) in [6, 6.07) is 0. The Labute approximate surface area is 203 Å². The van der Waals surface area contributed by atoms with Gasteiger partial charge in [0.1, 0.15) is 6.61 Å². The van der Waals surface area contributed by atoms with Crippen molar-refractivity contribution in [1.29, 1.82) is 0 Å². The van der Waals surface area contributed by atoms with E-state index >= 15 is 0 Å². The molecule has 6 nitrogen and oxygen atoms in total. The topological polar surface area (TPSA) is 82.1 Å². The number of ether oxygens (including phenoxy) is 3. The molecule has 6 heteroatoms. The van der Waals surface area contributed by atoms with Crippen molar-refractivity contribution in [3.05, 3.63) is 23.8 Å². The second-order valence-corrected chi connectivity index (χ2v) is 11.9. The predicted molar refractivity (Wildman–Crippen MR) is 127 cm³/mol. The third-order valence-electron chi connectivity index (χ3n) is 9.78. The van der Waals surface area contributed by atoms with Gasteiger partial charge in [-0.3, -0.25) is 9.59 Å². The van der Waals surface area contributed by atoms with Gasteiger partial charge in [0.05, 0.1) is 18.3 Å². The zero-order valence-electron chi connectivity index (χ0n) is 21.2. The summed E-state index contributed by atoms with van der Waals surface area (Å²) in [4.78, 5) is 26.0. The van der Waals surface area contributed by atoms with E-state index in [0.29, 0.717) is 6.42 Å². The number of hydrogen-bond acceptors (Lipinski definition) is 6. The van der Waals surface area contributed by atoms with Crippen LogP contribution in [0, 0.1) is 28.6 Å². The maximum absolute atomic E-state index is 13.9. The highest BCUT2D eigenvalue weighted by Crippen LogP contribution is 2.69. The van der Waals surface area contributed by atoms with Gasteiger partial charge in [0, 0.05) is 16.7 Å². The van der Waals surface area contributed by atoms with Gasteiger partial charge in [-0.1, -0.05) is 38.8 Å². The van der Waals surface area contributed by atoms with Crippen LogP contribution in [0.2, 0.25) is 0 Å². The van der Waals surface area contributed by atoms with E-state index < -0.39 is 23.4 Å². The van der Waals surface area contributed by atoms with Crippen molar-refractivity contribution >= 4 is 11.6 Å². The maximum atomic E-state index is 13.9. The lowest BCUT2D eigenvalue weighted by molar-refractivity contribution is -0.201. The van der Waals surface area contributed by atoms with Gasteiger partial charge in [0.25, 0.3) is 0 Å². The Hall–Kier alpha value is -1.34. The number of fused-ring (bicyclic) bond motifs is 7. The first kappa shape index (κ1) is 24.4. The smallest absolute Gasteiger partial charge is 0.193 e. The Morgan fingerprint density at radius 2 is 2.09 bits per heavy atom. The lowest BCUT2D eigenvalue weighted by atomic mass is 9.46. The van der Waals surface area contributed by atoms with Crippen LogP contribution >= 0.6 is 0 Å².